The summed E-state index contributed by atoms with van der Waals surface area (Å²) in [4.78, 5) is 0. The highest BCUT2D eigenvalue weighted by Crippen LogP contribution is 2.39. The third-order valence-electron chi connectivity index (χ3n) is 6.17. The topological polar surface area (TPSA) is 21.5 Å². The lowest BCUT2D eigenvalue weighted by Crippen LogP contribution is -2.35. The van der Waals surface area contributed by atoms with Crippen molar-refractivity contribution in [2.45, 2.75) is 66.7 Å². The van der Waals surface area contributed by atoms with E-state index in [4.69, 9.17) is 9.47 Å². The molecule has 3 rings (SSSR count). The van der Waals surface area contributed by atoms with Gasteiger partial charge in [-0.05, 0) is 41.4 Å². The Bertz CT molecular complexity index is 916. The number of rotatable bonds is 7. The van der Waals surface area contributed by atoms with Crippen LogP contribution >= 0.6 is 0 Å². The van der Waals surface area contributed by atoms with Gasteiger partial charge in [0.1, 0.15) is 12.4 Å². The number of nitrogens with zero attached hydrogens (tertiary/aromatic N) is 1. The zero-order chi connectivity index (χ0) is 22.8. The molecule has 0 aromatic heterocycles. The average Bonchev–Trinajstić information content (AvgIpc) is 2.68. The second-order valence-electron chi connectivity index (χ2n) is 10.9. The lowest BCUT2D eigenvalue weighted by Gasteiger charge is -2.33. The fraction of sp³-hybridized carbons (Fsp3) is 0.593. The van der Waals surface area contributed by atoms with Crippen molar-refractivity contribution < 1.29 is 18.4 Å². The van der Waals surface area contributed by atoms with Gasteiger partial charge in [-0.2, -0.15) is 0 Å². The van der Waals surface area contributed by atoms with Gasteiger partial charge in [0, 0.05) is 30.4 Å². The number of halogens is 1. The van der Waals surface area contributed by atoms with Gasteiger partial charge in [0.25, 0.3) is 0 Å². The first-order valence-corrected chi connectivity index (χ1v) is 11.4. The lowest BCUT2D eigenvalue weighted by molar-refractivity contribution is -0.521. The summed E-state index contributed by atoms with van der Waals surface area (Å²) in [6.45, 7) is 13.1. The summed E-state index contributed by atoms with van der Waals surface area (Å²) >= 11 is 0. The highest BCUT2D eigenvalue weighted by atomic mass is 19.1. The van der Waals surface area contributed by atoms with Crippen LogP contribution in [-0.4, -0.2) is 37.6 Å². The molecule has 0 N–H and O–H groups in total. The van der Waals surface area contributed by atoms with Crippen LogP contribution in [0.4, 0.5) is 4.39 Å². The van der Waals surface area contributed by atoms with E-state index in [1.54, 1.807) is 14.2 Å². The normalized spacial score (nSPS) is 17.2. The maximum atomic E-state index is 14.6. The molecule has 0 saturated carbocycles. The largest absolute Gasteiger partial charge is 0.493 e. The molecule has 0 radical (unpaired) electrons. The first-order valence-electron chi connectivity index (χ1n) is 11.4. The zero-order valence-electron chi connectivity index (χ0n) is 20.4. The van der Waals surface area contributed by atoms with Crippen molar-refractivity contribution in [1.82, 2.24) is 0 Å². The molecular formula is C27H39FNO2+. The molecule has 0 spiro atoms. The van der Waals surface area contributed by atoms with E-state index in [0.717, 1.165) is 49.3 Å². The van der Waals surface area contributed by atoms with E-state index >= 15 is 0 Å². The third kappa shape index (κ3) is 5.78. The molecule has 0 bridgehead atoms. The van der Waals surface area contributed by atoms with Gasteiger partial charge in [-0.1, -0.05) is 46.8 Å². The Hall–Kier alpha value is -2.10. The van der Waals surface area contributed by atoms with Crippen molar-refractivity contribution in [3.8, 4) is 11.5 Å². The molecule has 170 valence electrons. The SMILES string of the molecule is COc1cc2c(cc1OC)C(CC(C)(C)CC(C)(C)C)=[N+](CC1=C(F)CCC=C1)CC2. The van der Waals surface area contributed by atoms with Crippen LogP contribution in [0.1, 0.15) is 71.4 Å². The minimum atomic E-state index is 0.0360. The molecule has 0 saturated heterocycles. The van der Waals surface area contributed by atoms with E-state index in [1.165, 1.54) is 16.8 Å². The van der Waals surface area contributed by atoms with Crippen LogP contribution in [0.25, 0.3) is 0 Å². The first kappa shape index (κ1) is 23.6. The fourth-order valence-electron chi connectivity index (χ4n) is 5.32. The Labute approximate surface area is 187 Å². The van der Waals surface area contributed by atoms with Crippen LogP contribution in [-0.2, 0) is 6.42 Å². The average molecular weight is 429 g/mol. The second-order valence-corrected chi connectivity index (χ2v) is 10.9. The van der Waals surface area contributed by atoms with Crippen molar-refractivity contribution in [1.29, 1.82) is 0 Å². The minimum Gasteiger partial charge on any atom is -0.493 e. The maximum Gasteiger partial charge on any atom is 0.184 e. The molecule has 1 heterocycles. The number of allylic oxidation sites excluding steroid dienone is 2. The summed E-state index contributed by atoms with van der Waals surface area (Å²) in [6, 6.07) is 4.23. The maximum absolute atomic E-state index is 14.6. The van der Waals surface area contributed by atoms with Gasteiger partial charge in [-0.3, -0.25) is 0 Å². The summed E-state index contributed by atoms with van der Waals surface area (Å²) in [6.07, 6.45) is 8.34. The Kier molecular flexibility index (Phi) is 6.98. The second kappa shape index (κ2) is 9.18. The number of fused-ring (bicyclic) bond motifs is 1. The molecule has 0 fully saturated rings. The molecule has 1 aromatic rings. The smallest absolute Gasteiger partial charge is 0.184 e. The van der Waals surface area contributed by atoms with Crippen LogP contribution in [0.5, 0.6) is 11.5 Å². The van der Waals surface area contributed by atoms with Gasteiger partial charge in [0.2, 0.25) is 0 Å². The quantitative estimate of drug-likeness (QED) is 0.463. The Morgan fingerprint density at radius 2 is 1.68 bits per heavy atom. The summed E-state index contributed by atoms with van der Waals surface area (Å²) < 4.78 is 28.1. The van der Waals surface area contributed by atoms with Crippen LogP contribution < -0.4 is 9.47 Å². The van der Waals surface area contributed by atoms with Gasteiger partial charge in [-0.25, -0.2) is 8.97 Å². The third-order valence-corrected chi connectivity index (χ3v) is 6.17. The number of hydrogen-bond acceptors (Lipinski definition) is 2. The van der Waals surface area contributed by atoms with Gasteiger partial charge in [-0.15, -0.1) is 0 Å². The van der Waals surface area contributed by atoms with E-state index in [2.05, 4.69) is 57.4 Å². The van der Waals surface area contributed by atoms with Gasteiger partial charge >= 0.3 is 0 Å². The van der Waals surface area contributed by atoms with Crippen LogP contribution in [0.3, 0.4) is 0 Å². The first-order chi connectivity index (χ1) is 14.5. The van der Waals surface area contributed by atoms with E-state index in [9.17, 15) is 4.39 Å². The van der Waals surface area contributed by atoms with E-state index < -0.39 is 0 Å². The molecule has 0 atom stereocenters. The molecule has 2 aliphatic rings. The molecule has 3 nitrogen and oxygen atoms in total. The number of methoxy groups -OCH3 is 2. The molecule has 31 heavy (non-hydrogen) atoms. The summed E-state index contributed by atoms with van der Waals surface area (Å²) in [5, 5.41) is 0. The molecule has 0 amide bonds. The van der Waals surface area contributed by atoms with Gasteiger partial charge in [0.15, 0.2) is 23.8 Å². The van der Waals surface area contributed by atoms with Gasteiger partial charge < -0.3 is 9.47 Å². The van der Waals surface area contributed by atoms with Crippen molar-refractivity contribution in [2.75, 3.05) is 27.3 Å². The van der Waals surface area contributed by atoms with Crippen molar-refractivity contribution >= 4 is 5.71 Å². The summed E-state index contributed by atoms with van der Waals surface area (Å²) in [7, 11) is 3.36. The van der Waals surface area contributed by atoms with E-state index in [-0.39, 0.29) is 16.7 Å². The predicted octanol–water partition coefficient (Wildman–Crippen LogP) is 6.49. The Balaban J connectivity index is 2.09. The monoisotopic (exact) mass is 428 g/mol. The minimum absolute atomic E-state index is 0.0360. The highest BCUT2D eigenvalue weighted by molar-refractivity contribution is 6.00. The molecule has 4 heteroatoms. The summed E-state index contributed by atoms with van der Waals surface area (Å²) in [5.74, 6) is 1.55. The van der Waals surface area contributed by atoms with Crippen LogP contribution in [0.15, 0.2) is 35.7 Å². The van der Waals surface area contributed by atoms with Crippen molar-refractivity contribution in [3.05, 3.63) is 46.8 Å². The number of ether oxygens (including phenoxy) is 2. The fourth-order valence-corrected chi connectivity index (χ4v) is 5.32. The summed E-state index contributed by atoms with van der Waals surface area (Å²) in [5.41, 5.74) is 4.96. The van der Waals surface area contributed by atoms with Crippen molar-refractivity contribution in [3.63, 3.8) is 0 Å². The van der Waals surface area contributed by atoms with Crippen molar-refractivity contribution in [2.24, 2.45) is 10.8 Å². The Morgan fingerprint density at radius 3 is 2.29 bits per heavy atom. The number of benzene rings is 1. The lowest BCUT2D eigenvalue weighted by atomic mass is 9.72. The zero-order valence-corrected chi connectivity index (χ0v) is 20.4. The molecular weight excluding hydrogens is 389 g/mol. The molecule has 1 aromatic carbocycles. The molecule has 1 aliphatic heterocycles. The van der Waals surface area contributed by atoms with Crippen LogP contribution in [0.2, 0.25) is 0 Å². The molecule has 0 unspecified atom stereocenters. The number of hydrogen-bond donors (Lipinski definition) is 0. The Morgan fingerprint density at radius 1 is 1.00 bits per heavy atom. The van der Waals surface area contributed by atoms with E-state index in [0.29, 0.717) is 13.0 Å². The van der Waals surface area contributed by atoms with E-state index in [1.807, 2.05) is 6.08 Å². The predicted molar refractivity (Wildman–Crippen MR) is 126 cm³/mol. The molecule has 1 aliphatic carbocycles. The van der Waals surface area contributed by atoms with Crippen LogP contribution in [0, 0.1) is 10.8 Å². The highest BCUT2D eigenvalue weighted by Gasteiger charge is 2.35. The van der Waals surface area contributed by atoms with Gasteiger partial charge in [0.05, 0.1) is 14.2 Å². The standard InChI is InChI=1S/C27H39FNO2/c1-26(2,3)18-27(4,5)16-23-21-15-25(31-7)24(30-6)14-19(21)12-13-29(23)17-20-10-8-9-11-22(20)28/h8,10,14-15H,9,11-13,16-18H2,1-7H3/q+1.